The number of hydrogen-bond acceptors (Lipinski definition) is 2. The van der Waals surface area contributed by atoms with Crippen molar-refractivity contribution in [3.05, 3.63) is 22.4 Å². The number of ether oxygens (including phenoxy) is 1. The molecule has 1 unspecified atom stereocenters. The Bertz CT molecular complexity index is 246. The number of alkyl halides is 1. The maximum atomic E-state index is 5.70. The third kappa shape index (κ3) is 5.14. The highest BCUT2D eigenvalue weighted by Crippen LogP contribution is 2.14. The average Bonchev–Trinajstić information content (AvgIpc) is 2.70. The molecule has 0 bridgehead atoms. The van der Waals surface area contributed by atoms with E-state index in [-0.39, 0.29) is 0 Å². The van der Waals surface area contributed by atoms with Crippen LogP contribution in [0.1, 0.15) is 18.7 Å². The van der Waals surface area contributed by atoms with Gasteiger partial charge < -0.3 is 4.74 Å². The van der Waals surface area contributed by atoms with Crippen LogP contribution in [0.25, 0.3) is 0 Å². The third-order valence-corrected chi connectivity index (χ3v) is 4.31. The SMILES string of the molecule is CC(C)C(CBr)COCCc1cccs1. The van der Waals surface area contributed by atoms with Crippen molar-refractivity contribution in [1.29, 1.82) is 0 Å². The van der Waals surface area contributed by atoms with Crippen LogP contribution in [0.4, 0.5) is 0 Å². The molecule has 0 aromatic carbocycles. The molecule has 1 nitrogen and oxygen atoms in total. The first-order valence-corrected chi connectivity index (χ1v) is 7.40. The largest absolute Gasteiger partial charge is 0.381 e. The predicted octanol–water partition coefficient (Wildman–Crippen LogP) is 3.97. The summed E-state index contributed by atoms with van der Waals surface area (Å²) in [5, 5.41) is 3.15. The molecule has 0 saturated heterocycles. The fourth-order valence-electron chi connectivity index (χ4n) is 1.28. The minimum Gasteiger partial charge on any atom is -0.381 e. The van der Waals surface area contributed by atoms with E-state index in [1.54, 1.807) is 11.3 Å². The van der Waals surface area contributed by atoms with Crippen LogP contribution in [-0.4, -0.2) is 18.5 Å². The average molecular weight is 291 g/mol. The maximum absolute atomic E-state index is 5.70. The van der Waals surface area contributed by atoms with Crippen LogP contribution in [0, 0.1) is 11.8 Å². The van der Waals surface area contributed by atoms with Gasteiger partial charge in [-0.3, -0.25) is 0 Å². The number of halogens is 1. The molecule has 0 fully saturated rings. The molecule has 1 heterocycles. The predicted molar refractivity (Wildman–Crippen MR) is 71.0 cm³/mol. The van der Waals surface area contributed by atoms with Crippen LogP contribution in [0.15, 0.2) is 17.5 Å². The highest BCUT2D eigenvalue weighted by molar-refractivity contribution is 9.09. The van der Waals surface area contributed by atoms with Crippen molar-refractivity contribution in [2.24, 2.45) is 11.8 Å². The van der Waals surface area contributed by atoms with Crippen molar-refractivity contribution in [1.82, 2.24) is 0 Å². The Morgan fingerprint density at radius 2 is 2.27 bits per heavy atom. The van der Waals surface area contributed by atoms with Crippen LogP contribution in [-0.2, 0) is 11.2 Å². The zero-order valence-electron chi connectivity index (χ0n) is 9.41. The van der Waals surface area contributed by atoms with Crippen molar-refractivity contribution in [2.45, 2.75) is 20.3 Å². The second-order valence-electron chi connectivity index (χ2n) is 4.06. The zero-order chi connectivity index (χ0) is 11.1. The first-order chi connectivity index (χ1) is 7.24. The van der Waals surface area contributed by atoms with E-state index in [1.807, 2.05) is 0 Å². The van der Waals surface area contributed by atoms with Crippen molar-refractivity contribution >= 4 is 27.3 Å². The zero-order valence-corrected chi connectivity index (χ0v) is 11.8. The standard InChI is InChI=1S/C12H19BrOS/c1-10(2)11(8-13)9-14-6-5-12-4-3-7-15-12/h3-4,7,10-11H,5-6,8-9H2,1-2H3. The fourth-order valence-corrected chi connectivity index (χ4v) is 2.90. The highest BCUT2D eigenvalue weighted by Gasteiger charge is 2.11. The van der Waals surface area contributed by atoms with E-state index in [2.05, 4.69) is 47.3 Å². The molecule has 0 saturated carbocycles. The Morgan fingerprint density at radius 3 is 2.80 bits per heavy atom. The molecule has 0 aliphatic carbocycles. The maximum Gasteiger partial charge on any atom is 0.0514 e. The third-order valence-electron chi connectivity index (χ3n) is 2.55. The molecule has 1 rings (SSSR count). The van der Waals surface area contributed by atoms with Crippen LogP contribution in [0.5, 0.6) is 0 Å². The quantitative estimate of drug-likeness (QED) is 0.545. The molecule has 0 aliphatic rings. The van der Waals surface area contributed by atoms with Gasteiger partial charge in [0.15, 0.2) is 0 Å². The minimum atomic E-state index is 0.633. The molecule has 0 radical (unpaired) electrons. The summed E-state index contributed by atoms with van der Waals surface area (Å²) in [4.78, 5) is 1.41. The molecule has 1 aromatic heterocycles. The van der Waals surface area contributed by atoms with Crippen molar-refractivity contribution in [3.8, 4) is 0 Å². The van der Waals surface area contributed by atoms with E-state index in [0.29, 0.717) is 11.8 Å². The molecule has 15 heavy (non-hydrogen) atoms. The Hall–Kier alpha value is 0.140. The van der Waals surface area contributed by atoms with E-state index in [9.17, 15) is 0 Å². The Morgan fingerprint density at radius 1 is 1.47 bits per heavy atom. The second kappa shape index (κ2) is 7.42. The summed E-state index contributed by atoms with van der Waals surface area (Å²) in [6.45, 7) is 6.20. The van der Waals surface area contributed by atoms with E-state index >= 15 is 0 Å². The van der Waals surface area contributed by atoms with Crippen LogP contribution >= 0.6 is 27.3 Å². The molecule has 0 spiro atoms. The molecule has 86 valence electrons. The monoisotopic (exact) mass is 290 g/mol. The normalized spacial score (nSPS) is 13.3. The van der Waals surface area contributed by atoms with Gasteiger partial charge in [-0.1, -0.05) is 35.8 Å². The Labute approximate surface area is 105 Å². The van der Waals surface area contributed by atoms with Crippen LogP contribution < -0.4 is 0 Å². The topological polar surface area (TPSA) is 9.23 Å². The molecule has 1 atom stereocenters. The van der Waals surface area contributed by atoms with Gasteiger partial charge in [-0.15, -0.1) is 11.3 Å². The Balaban J connectivity index is 2.10. The van der Waals surface area contributed by atoms with Gasteiger partial charge in [0, 0.05) is 16.6 Å². The lowest BCUT2D eigenvalue weighted by atomic mass is 9.99. The van der Waals surface area contributed by atoms with Gasteiger partial charge in [0.25, 0.3) is 0 Å². The molecule has 0 aliphatic heterocycles. The smallest absolute Gasteiger partial charge is 0.0514 e. The highest BCUT2D eigenvalue weighted by atomic mass is 79.9. The minimum absolute atomic E-state index is 0.633. The van der Waals surface area contributed by atoms with Gasteiger partial charge in [0.1, 0.15) is 0 Å². The van der Waals surface area contributed by atoms with Gasteiger partial charge in [-0.25, -0.2) is 0 Å². The van der Waals surface area contributed by atoms with Gasteiger partial charge in [-0.2, -0.15) is 0 Å². The molecular formula is C12H19BrOS. The van der Waals surface area contributed by atoms with Gasteiger partial charge in [-0.05, 0) is 23.3 Å². The summed E-state index contributed by atoms with van der Waals surface area (Å²) in [5.41, 5.74) is 0. The van der Waals surface area contributed by atoms with E-state index in [4.69, 9.17) is 4.74 Å². The molecule has 3 heteroatoms. The summed E-state index contributed by atoms with van der Waals surface area (Å²) in [7, 11) is 0. The van der Waals surface area contributed by atoms with Crippen molar-refractivity contribution < 1.29 is 4.74 Å². The molecule has 0 amide bonds. The summed E-state index contributed by atoms with van der Waals surface area (Å²) in [5.74, 6) is 1.32. The van der Waals surface area contributed by atoms with Gasteiger partial charge >= 0.3 is 0 Å². The molecular weight excluding hydrogens is 272 g/mol. The first-order valence-electron chi connectivity index (χ1n) is 5.40. The van der Waals surface area contributed by atoms with Crippen molar-refractivity contribution in [3.63, 3.8) is 0 Å². The summed E-state index contributed by atoms with van der Waals surface area (Å²) in [6, 6.07) is 4.26. The lowest BCUT2D eigenvalue weighted by molar-refractivity contribution is 0.0945. The summed E-state index contributed by atoms with van der Waals surface area (Å²) >= 11 is 5.33. The van der Waals surface area contributed by atoms with E-state index in [1.165, 1.54) is 4.88 Å². The lowest BCUT2D eigenvalue weighted by Gasteiger charge is -2.17. The van der Waals surface area contributed by atoms with Crippen LogP contribution in [0.2, 0.25) is 0 Å². The van der Waals surface area contributed by atoms with Gasteiger partial charge in [0.2, 0.25) is 0 Å². The molecule has 1 aromatic rings. The number of rotatable bonds is 7. The van der Waals surface area contributed by atoms with Gasteiger partial charge in [0.05, 0.1) is 13.2 Å². The molecule has 0 N–H and O–H groups in total. The number of thiophene rings is 1. The van der Waals surface area contributed by atoms with E-state index in [0.717, 1.165) is 25.0 Å². The lowest BCUT2D eigenvalue weighted by Crippen LogP contribution is -2.18. The Kier molecular flexibility index (Phi) is 6.53. The van der Waals surface area contributed by atoms with Crippen molar-refractivity contribution in [2.75, 3.05) is 18.5 Å². The fraction of sp³-hybridized carbons (Fsp3) is 0.667. The second-order valence-corrected chi connectivity index (χ2v) is 5.74. The summed E-state index contributed by atoms with van der Waals surface area (Å²) < 4.78 is 5.70. The van der Waals surface area contributed by atoms with Crippen LogP contribution in [0.3, 0.4) is 0 Å². The van der Waals surface area contributed by atoms with E-state index < -0.39 is 0 Å². The summed E-state index contributed by atoms with van der Waals surface area (Å²) in [6.07, 6.45) is 1.05. The number of hydrogen-bond donors (Lipinski definition) is 0. The first kappa shape index (κ1) is 13.2.